The lowest BCUT2D eigenvalue weighted by atomic mass is 9.77. The number of halogens is 3. The van der Waals surface area contributed by atoms with Crippen LogP contribution in [0.25, 0.3) is 22.6 Å². The van der Waals surface area contributed by atoms with E-state index in [1.54, 1.807) is 4.57 Å². The van der Waals surface area contributed by atoms with Crippen LogP contribution in [-0.2, 0) is 6.54 Å². The van der Waals surface area contributed by atoms with Gasteiger partial charge in [-0.1, -0.05) is 0 Å². The molecule has 0 aliphatic carbocycles. The van der Waals surface area contributed by atoms with E-state index in [4.69, 9.17) is 14.9 Å². The third kappa shape index (κ3) is 3.74. The van der Waals surface area contributed by atoms with Crippen molar-refractivity contribution >= 4 is 22.9 Å². The van der Waals surface area contributed by atoms with Crippen molar-refractivity contribution in [2.24, 2.45) is 0 Å². The molecule has 4 aromatic rings. The van der Waals surface area contributed by atoms with Crippen LogP contribution in [0.1, 0.15) is 18.5 Å². The monoisotopic (exact) mass is 516 g/mol. The highest BCUT2D eigenvalue weighted by Gasteiger charge is 2.55. The van der Waals surface area contributed by atoms with E-state index in [-0.39, 0.29) is 42.0 Å². The lowest BCUT2D eigenvalue weighted by molar-refractivity contribution is -0.117. The average molecular weight is 516 g/mol. The van der Waals surface area contributed by atoms with E-state index in [2.05, 4.69) is 25.3 Å². The van der Waals surface area contributed by atoms with Crippen molar-refractivity contribution in [3.63, 3.8) is 0 Å². The molecule has 1 aromatic carbocycles. The van der Waals surface area contributed by atoms with Gasteiger partial charge in [0.05, 0.1) is 31.1 Å². The Labute approximate surface area is 208 Å². The molecule has 4 N–H and O–H groups in total. The molecule has 6 rings (SSSR count). The molecule has 194 valence electrons. The topological polar surface area (TPSA) is 140 Å². The number of nitrogens with zero attached hydrogens (tertiary/aromatic N) is 6. The van der Waals surface area contributed by atoms with E-state index in [0.717, 1.165) is 12.1 Å². The molecule has 2 aliphatic heterocycles. The number of imidazole rings is 1. The predicted molar refractivity (Wildman–Crippen MR) is 125 cm³/mol. The van der Waals surface area contributed by atoms with Crippen molar-refractivity contribution in [1.82, 2.24) is 29.8 Å². The number of benzene rings is 1. The maximum absolute atomic E-state index is 14.9. The molecule has 0 saturated carbocycles. The Balaban J connectivity index is 1.43. The third-order valence-corrected chi connectivity index (χ3v) is 6.98. The van der Waals surface area contributed by atoms with E-state index < -0.39 is 29.6 Å². The van der Waals surface area contributed by atoms with Gasteiger partial charge in [-0.25, -0.2) is 33.1 Å². The number of nitrogens with two attached hydrogens (primary N) is 1. The summed E-state index contributed by atoms with van der Waals surface area (Å²) < 4.78 is 55.7. The second-order valence-corrected chi connectivity index (χ2v) is 9.21. The van der Waals surface area contributed by atoms with Gasteiger partial charge in [0, 0.05) is 19.2 Å². The van der Waals surface area contributed by atoms with Gasteiger partial charge in [0.15, 0.2) is 29.3 Å². The first-order valence-electron chi connectivity index (χ1n) is 11.6. The standard InChI is InChI=1S/C23H23F3N8O3/c1-36-15-6-12(24)11(5-13(15)25)21-31-14(7-34-10-30-16-19(27)28-9-29-20(16)34)22(37-21)33-4-2-3-23(8-33)17(35)18(26)32-23/h5-6,9-10,17-18,32,35H,2-4,7-8H2,1H3,(H2,27,28,29). The number of aliphatic hydroxyl groups is 1. The fourth-order valence-corrected chi connectivity index (χ4v) is 5.07. The van der Waals surface area contributed by atoms with Crippen molar-refractivity contribution < 1.29 is 27.4 Å². The fraction of sp³-hybridized carbons (Fsp3) is 0.391. The number of nitrogens with one attached hydrogen (secondary N) is 1. The number of alkyl halides is 1. The first kappa shape index (κ1) is 23.5. The van der Waals surface area contributed by atoms with Crippen molar-refractivity contribution in [2.45, 2.75) is 37.3 Å². The van der Waals surface area contributed by atoms with Crippen LogP contribution >= 0.6 is 0 Å². The Kier molecular flexibility index (Phi) is 5.45. The largest absolute Gasteiger partial charge is 0.494 e. The summed E-state index contributed by atoms with van der Waals surface area (Å²) in [5, 5.41) is 13.1. The zero-order valence-corrected chi connectivity index (χ0v) is 19.7. The van der Waals surface area contributed by atoms with E-state index in [0.29, 0.717) is 36.2 Å². The van der Waals surface area contributed by atoms with Crippen LogP contribution in [0.15, 0.2) is 29.2 Å². The van der Waals surface area contributed by atoms with Crippen LogP contribution in [0.2, 0.25) is 0 Å². The van der Waals surface area contributed by atoms with Gasteiger partial charge in [-0.15, -0.1) is 0 Å². The van der Waals surface area contributed by atoms with E-state index >= 15 is 0 Å². The summed E-state index contributed by atoms with van der Waals surface area (Å²) in [6.07, 6.45) is 1.35. The van der Waals surface area contributed by atoms with Crippen molar-refractivity contribution in [3.8, 4) is 17.2 Å². The highest BCUT2D eigenvalue weighted by atomic mass is 19.1. The molecule has 2 fully saturated rings. The summed E-state index contributed by atoms with van der Waals surface area (Å²) in [6, 6.07) is 1.87. The van der Waals surface area contributed by atoms with Crippen LogP contribution in [0, 0.1) is 11.6 Å². The molecule has 3 atom stereocenters. The molecule has 3 unspecified atom stereocenters. The van der Waals surface area contributed by atoms with Crippen LogP contribution < -0.4 is 20.7 Å². The lowest BCUT2D eigenvalue weighted by Crippen LogP contribution is -2.78. The number of aromatic nitrogens is 5. The number of nitrogen functional groups attached to an aromatic ring is 1. The first-order valence-corrected chi connectivity index (χ1v) is 11.6. The molecule has 3 aromatic heterocycles. The number of ether oxygens (including phenoxy) is 1. The van der Waals surface area contributed by atoms with Crippen LogP contribution in [0.5, 0.6) is 5.75 Å². The Morgan fingerprint density at radius 3 is 2.86 bits per heavy atom. The minimum atomic E-state index is -1.51. The third-order valence-electron chi connectivity index (χ3n) is 6.98. The van der Waals surface area contributed by atoms with Gasteiger partial charge in [0.25, 0.3) is 0 Å². The summed E-state index contributed by atoms with van der Waals surface area (Å²) in [6.45, 7) is 0.862. The van der Waals surface area contributed by atoms with Crippen LogP contribution in [0.4, 0.5) is 24.9 Å². The molecule has 2 aliphatic rings. The number of anilines is 2. The summed E-state index contributed by atoms with van der Waals surface area (Å²) in [7, 11) is 1.24. The van der Waals surface area contributed by atoms with Gasteiger partial charge in [-0.2, -0.15) is 0 Å². The van der Waals surface area contributed by atoms with Crippen molar-refractivity contribution in [2.75, 3.05) is 30.8 Å². The minimum Gasteiger partial charge on any atom is -0.494 e. The molecule has 0 bridgehead atoms. The maximum atomic E-state index is 14.9. The highest BCUT2D eigenvalue weighted by molar-refractivity contribution is 5.81. The number of aliphatic hydroxyl groups excluding tert-OH is 1. The Morgan fingerprint density at radius 2 is 2.11 bits per heavy atom. The Hall–Kier alpha value is -3.91. The van der Waals surface area contributed by atoms with Gasteiger partial charge in [-0.3, -0.25) is 5.32 Å². The number of hydrogen-bond donors (Lipinski definition) is 3. The lowest BCUT2D eigenvalue weighted by Gasteiger charge is -2.54. The van der Waals surface area contributed by atoms with Gasteiger partial charge in [0.1, 0.15) is 29.5 Å². The van der Waals surface area contributed by atoms with Crippen molar-refractivity contribution in [1.29, 1.82) is 0 Å². The van der Waals surface area contributed by atoms with E-state index in [1.807, 2.05) is 4.90 Å². The maximum Gasteiger partial charge on any atom is 0.232 e. The number of fused-ring (bicyclic) bond motifs is 1. The molecule has 37 heavy (non-hydrogen) atoms. The van der Waals surface area contributed by atoms with Crippen molar-refractivity contribution in [3.05, 3.63) is 42.1 Å². The van der Waals surface area contributed by atoms with Gasteiger partial charge >= 0.3 is 0 Å². The molecule has 11 nitrogen and oxygen atoms in total. The summed E-state index contributed by atoms with van der Waals surface area (Å²) in [5.41, 5.74) is 6.11. The zero-order chi connectivity index (χ0) is 25.9. The summed E-state index contributed by atoms with van der Waals surface area (Å²) in [4.78, 5) is 18.8. The smallest absolute Gasteiger partial charge is 0.232 e. The minimum absolute atomic E-state index is 0.108. The second kappa shape index (κ2) is 8.59. The molecule has 1 spiro atoms. The summed E-state index contributed by atoms with van der Waals surface area (Å²) >= 11 is 0. The normalized spacial score (nSPS) is 23.5. The van der Waals surface area contributed by atoms with Gasteiger partial charge in [-0.05, 0) is 18.9 Å². The molecular weight excluding hydrogens is 493 g/mol. The van der Waals surface area contributed by atoms with Crippen LogP contribution in [0.3, 0.4) is 0 Å². The number of rotatable bonds is 5. The van der Waals surface area contributed by atoms with E-state index in [9.17, 15) is 18.3 Å². The predicted octanol–water partition coefficient (Wildman–Crippen LogP) is 2.00. The SMILES string of the molecule is COc1cc(F)c(-c2nc(Cn3cnc4c(N)ncnc43)c(N3CCCC4(C3)NC(F)C4O)o2)cc1F. The number of methoxy groups -OCH3 is 1. The molecule has 2 saturated heterocycles. The number of oxazole rings is 1. The van der Waals surface area contributed by atoms with Gasteiger partial charge < -0.3 is 29.5 Å². The molecule has 0 amide bonds. The first-order chi connectivity index (χ1) is 17.8. The van der Waals surface area contributed by atoms with Gasteiger partial charge in [0.2, 0.25) is 11.8 Å². The summed E-state index contributed by atoms with van der Waals surface area (Å²) in [5.74, 6) is -1.46. The van der Waals surface area contributed by atoms with Crippen LogP contribution in [-0.4, -0.2) is 67.7 Å². The molecule has 5 heterocycles. The number of hydrogen-bond acceptors (Lipinski definition) is 10. The van der Waals surface area contributed by atoms with E-state index in [1.165, 1.54) is 19.8 Å². The molecule has 14 heteroatoms. The fourth-order valence-electron chi connectivity index (χ4n) is 5.07. The Morgan fingerprint density at radius 1 is 1.27 bits per heavy atom. The number of piperidine rings is 1. The quantitative estimate of drug-likeness (QED) is 0.337. The zero-order valence-electron chi connectivity index (χ0n) is 19.7. The molecular formula is C23H23F3N8O3. The second-order valence-electron chi connectivity index (χ2n) is 9.21. The Bertz CT molecular complexity index is 1490. The highest BCUT2D eigenvalue weighted by Crippen LogP contribution is 2.39. The molecule has 0 radical (unpaired) electrons. The average Bonchev–Trinajstić information content (AvgIpc) is 3.51.